The van der Waals surface area contributed by atoms with Crippen molar-refractivity contribution in [3.05, 3.63) is 59.2 Å². The third kappa shape index (κ3) is 3.62. The zero-order valence-corrected chi connectivity index (χ0v) is 13.5. The maximum atomic E-state index is 14.5. The SMILES string of the molecule is Cc1cc(F)ccc1-c1ccc(C(=O)NC2CCNCC2)cc1F. The van der Waals surface area contributed by atoms with Gasteiger partial charge in [0.25, 0.3) is 5.91 Å². The first-order valence-electron chi connectivity index (χ1n) is 8.12. The van der Waals surface area contributed by atoms with Gasteiger partial charge in [0.2, 0.25) is 0 Å². The summed E-state index contributed by atoms with van der Waals surface area (Å²) in [6.07, 6.45) is 1.75. The lowest BCUT2D eigenvalue weighted by atomic mass is 9.98. The molecule has 0 radical (unpaired) electrons. The van der Waals surface area contributed by atoms with Gasteiger partial charge < -0.3 is 10.6 Å². The van der Waals surface area contributed by atoms with Crippen LogP contribution in [-0.4, -0.2) is 25.0 Å². The molecule has 2 aromatic rings. The minimum atomic E-state index is -0.484. The van der Waals surface area contributed by atoms with Gasteiger partial charge in [-0.25, -0.2) is 8.78 Å². The Kier molecular flexibility index (Phi) is 4.90. The second-order valence-corrected chi connectivity index (χ2v) is 6.15. The minimum absolute atomic E-state index is 0.126. The standard InChI is InChI=1S/C19H20F2N2O/c1-12-10-14(20)3-5-16(12)17-4-2-13(11-18(17)21)19(24)23-15-6-8-22-9-7-15/h2-5,10-11,15,22H,6-9H2,1H3,(H,23,24). The molecule has 1 heterocycles. The van der Waals surface area contributed by atoms with Crippen LogP contribution in [0.4, 0.5) is 8.78 Å². The van der Waals surface area contributed by atoms with E-state index in [1.807, 2.05) is 0 Å². The maximum Gasteiger partial charge on any atom is 0.251 e. The Morgan fingerprint density at radius 3 is 2.46 bits per heavy atom. The molecule has 2 aromatic carbocycles. The van der Waals surface area contributed by atoms with E-state index < -0.39 is 5.82 Å². The molecule has 1 aliphatic heterocycles. The van der Waals surface area contributed by atoms with Crippen LogP contribution in [0.5, 0.6) is 0 Å². The topological polar surface area (TPSA) is 41.1 Å². The highest BCUT2D eigenvalue weighted by Crippen LogP contribution is 2.27. The van der Waals surface area contributed by atoms with Gasteiger partial charge in [-0.1, -0.05) is 12.1 Å². The second-order valence-electron chi connectivity index (χ2n) is 6.15. The lowest BCUT2D eigenvalue weighted by Gasteiger charge is -2.23. The quantitative estimate of drug-likeness (QED) is 0.905. The van der Waals surface area contributed by atoms with Gasteiger partial charge in [-0.3, -0.25) is 4.79 Å². The molecule has 1 aliphatic rings. The number of amides is 1. The van der Waals surface area contributed by atoms with E-state index in [-0.39, 0.29) is 17.8 Å². The summed E-state index contributed by atoms with van der Waals surface area (Å²) < 4.78 is 27.7. The number of aryl methyl sites for hydroxylation is 1. The number of hydrogen-bond donors (Lipinski definition) is 2. The number of carbonyl (C=O) groups is 1. The molecule has 3 nitrogen and oxygen atoms in total. The van der Waals surface area contributed by atoms with Crippen molar-refractivity contribution in [3.8, 4) is 11.1 Å². The smallest absolute Gasteiger partial charge is 0.251 e. The van der Waals surface area contributed by atoms with Crippen molar-refractivity contribution < 1.29 is 13.6 Å². The number of benzene rings is 2. The van der Waals surface area contributed by atoms with Gasteiger partial charge in [0.1, 0.15) is 11.6 Å². The fourth-order valence-corrected chi connectivity index (χ4v) is 3.04. The number of nitrogens with one attached hydrogen (secondary N) is 2. The summed E-state index contributed by atoms with van der Waals surface area (Å²) in [4.78, 5) is 12.3. The molecular weight excluding hydrogens is 310 g/mol. The van der Waals surface area contributed by atoms with E-state index in [1.54, 1.807) is 25.1 Å². The van der Waals surface area contributed by atoms with Crippen molar-refractivity contribution in [2.45, 2.75) is 25.8 Å². The summed E-state index contributed by atoms with van der Waals surface area (Å²) in [6.45, 7) is 3.49. The van der Waals surface area contributed by atoms with E-state index in [0.717, 1.165) is 25.9 Å². The van der Waals surface area contributed by atoms with Crippen molar-refractivity contribution in [2.75, 3.05) is 13.1 Å². The monoisotopic (exact) mass is 330 g/mol. The molecule has 126 valence electrons. The predicted molar refractivity (Wildman–Crippen MR) is 89.9 cm³/mol. The largest absolute Gasteiger partial charge is 0.349 e. The van der Waals surface area contributed by atoms with Crippen LogP contribution in [0.15, 0.2) is 36.4 Å². The highest BCUT2D eigenvalue weighted by atomic mass is 19.1. The van der Waals surface area contributed by atoms with E-state index in [2.05, 4.69) is 10.6 Å². The average molecular weight is 330 g/mol. The third-order valence-electron chi connectivity index (χ3n) is 4.38. The van der Waals surface area contributed by atoms with Crippen LogP contribution in [0, 0.1) is 18.6 Å². The maximum absolute atomic E-state index is 14.5. The summed E-state index contributed by atoms with van der Waals surface area (Å²) in [7, 11) is 0. The number of carbonyl (C=O) groups excluding carboxylic acids is 1. The fourth-order valence-electron chi connectivity index (χ4n) is 3.04. The van der Waals surface area contributed by atoms with E-state index in [9.17, 15) is 13.6 Å². The molecule has 1 fully saturated rings. The highest BCUT2D eigenvalue weighted by Gasteiger charge is 2.18. The summed E-state index contributed by atoms with van der Waals surface area (Å²) in [5, 5.41) is 6.18. The third-order valence-corrected chi connectivity index (χ3v) is 4.38. The Bertz CT molecular complexity index is 755. The molecule has 24 heavy (non-hydrogen) atoms. The van der Waals surface area contributed by atoms with Gasteiger partial charge >= 0.3 is 0 Å². The predicted octanol–water partition coefficient (Wildman–Crippen LogP) is 3.42. The first kappa shape index (κ1) is 16.6. The Hall–Kier alpha value is -2.27. The summed E-state index contributed by atoms with van der Waals surface area (Å²) in [6, 6.07) is 8.78. The Balaban J connectivity index is 1.80. The van der Waals surface area contributed by atoms with E-state index in [4.69, 9.17) is 0 Å². The second kappa shape index (κ2) is 7.09. The molecule has 0 unspecified atom stereocenters. The molecule has 1 saturated heterocycles. The van der Waals surface area contributed by atoms with Crippen LogP contribution in [0.25, 0.3) is 11.1 Å². The van der Waals surface area contributed by atoms with E-state index >= 15 is 0 Å². The van der Waals surface area contributed by atoms with Crippen LogP contribution in [0.2, 0.25) is 0 Å². The molecule has 2 N–H and O–H groups in total. The number of rotatable bonds is 3. The molecule has 0 saturated carbocycles. The summed E-state index contributed by atoms with van der Waals surface area (Å²) >= 11 is 0. The van der Waals surface area contributed by atoms with Gasteiger partial charge in [0.05, 0.1) is 0 Å². The normalized spacial score (nSPS) is 15.3. The average Bonchev–Trinajstić information content (AvgIpc) is 2.56. The van der Waals surface area contributed by atoms with Crippen molar-refractivity contribution in [1.29, 1.82) is 0 Å². The van der Waals surface area contributed by atoms with Gasteiger partial charge in [-0.15, -0.1) is 0 Å². The van der Waals surface area contributed by atoms with E-state index in [0.29, 0.717) is 22.3 Å². The van der Waals surface area contributed by atoms with Crippen LogP contribution in [0.3, 0.4) is 0 Å². The number of hydrogen-bond acceptors (Lipinski definition) is 2. The Morgan fingerprint density at radius 1 is 1.08 bits per heavy atom. The first-order chi connectivity index (χ1) is 11.5. The highest BCUT2D eigenvalue weighted by molar-refractivity contribution is 5.95. The van der Waals surface area contributed by atoms with Crippen LogP contribution in [-0.2, 0) is 0 Å². The zero-order chi connectivity index (χ0) is 17.1. The molecule has 5 heteroatoms. The molecule has 0 atom stereocenters. The van der Waals surface area contributed by atoms with Crippen molar-refractivity contribution >= 4 is 5.91 Å². The van der Waals surface area contributed by atoms with Crippen LogP contribution < -0.4 is 10.6 Å². The van der Waals surface area contributed by atoms with Crippen molar-refractivity contribution in [3.63, 3.8) is 0 Å². The molecule has 3 rings (SSSR count). The van der Waals surface area contributed by atoms with Gasteiger partial charge in [0.15, 0.2) is 0 Å². The lowest BCUT2D eigenvalue weighted by molar-refractivity contribution is 0.0929. The fraction of sp³-hybridized carbons (Fsp3) is 0.316. The Morgan fingerprint density at radius 2 is 1.79 bits per heavy atom. The van der Waals surface area contributed by atoms with Gasteiger partial charge in [-0.05, 0) is 68.2 Å². The molecule has 0 bridgehead atoms. The molecule has 1 amide bonds. The zero-order valence-electron chi connectivity index (χ0n) is 13.5. The minimum Gasteiger partial charge on any atom is -0.349 e. The molecule has 0 aromatic heterocycles. The van der Waals surface area contributed by atoms with E-state index in [1.165, 1.54) is 18.2 Å². The van der Waals surface area contributed by atoms with Crippen molar-refractivity contribution in [2.24, 2.45) is 0 Å². The number of piperidine rings is 1. The summed E-state index contributed by atoms with van der Waals surface area (Å²) in [5.41, 5.74) is 1.94. The molecule has 0 spiro atoms. The number of halogens is 2. The Labute approximate surface area is 140 Å². The molecule has 0 aliphatic carbocycles. The van der Waals surface area contributed by atoms with Gasteiger partial charge in [-0.2, -0.15) is 0 Å². The van der Waals surface area contributed by atoms with Crippen LogP contribution >= 0.6 is 0 Å². The molecular formula is C19H20F2N2O. The summed E-state index contributed by atoms with van der Waals surface area (Å²) in [5.74, 6) is -1.10. The lowest BCUT2D eigenvalue weighted by Crippen LogP contribution is -2.42. The van der Waals surface area contributed by atoms with Crippen molar-refractivity contribution in [1.82, 2.24) is 10.6 Å². The van der Waals surface area contributed by atoms with Gasteiger partial charge in [0, 0.05) is 17.2 Å². The first-order valence-corrected chi connectivity index (χ1v) is 8.12. The van der Waals surface area contributed by atoms with Crippen LogP contribution in [0.1, 0.15) is 28.8 Å².